The van der Waals surface area contributed by atoms with E-state index in [0.717, 1.165) is 96.5 Å². The van der Waals surface area contributed by atoms with Crippen molar-refractivity contribution >= 4 is 122 Å². The number of alkyl halides is 15. The first-order valence-electron chi connectivity index (χ1n) is 42.4. The molecular formula is C88H107BClF15I2N14O9. The first-order chi connectivity index (χ1) is 61.0. The van der Waals surface area contributed by atoms with Gasteiger partial charge in [-0.3, -0.25) is 0 Å². The van der Waals surface area contributed by atoms with E-state index in [9.17, 15) is 80.2 Å². The fourth-order valence-electron chi connectivity index (χ4n) is 15.3. The van der Waals surface area contributed by atoms with Gasteiger partial charge in [0.25, 0.3) is 0 Å². The number of benzene rings is 3. The fraction of sp³-hybridized carbons (Fsp3) is 0.534. The van der Waals surface area contributed by atoms with E-state index in [0.29, 0.717) is 121 Å². The van der Waals surface area contributed by atoms with Gasteiger partial charge in [-0.05, 0) is 268 Å². The standard InChI is InChI=1S/2C24H26F6N4O2.C20H28BF3N2O3.C10H13IN2O.C6H5ClIN.C4H9NO/c2*1-15-2-3-18(31-22(35)34-5-4-16(14-34)13-23(25,26)27)12-19(15)17-10-20(24(28,29)30)32-21(11-17)33-6-8-36-9-7-33;1-13-6-7-15(10-16(13)21-28-18(2,3)19(4,5)29-21)25-17(27)26-9-8-14(12-26)11-20(22,23)24;1-8-6-9(11)7-10(12-8)13-2-4-14-5-3-13;1-4-2-5(8)3-6(7)9-4;1-3-6-4-2-5-1/h2*2-3,10-12,16H,4-9,13-14H2,1H3,(H,31,35);6-7,10,14H,8-9,11-12H2,1-5H3,(H,25,27);6-7H,2-5H2,1H3;2-3H,1H3;5H,1-4H2/t2*16-;14-;;;/m000.../s1. The summed E-state index contributed by atoms with van der Waals surface area (Å²) in [6.07, 6.45) is -24.0. The number of ether oxygens (including phenoxy) is 4. The number of nitrogens with one attached hydrogen (secondary N) is 4. The molecule has 8 saturated heterocycles. The summed E-state index contributed by atoms with van der Waals surface area (Å²) >= 11 is 10.2. The summed E-state index contributed by atoms with van der Waals surface area (Å²) in [4.78, 5) is 63.8. The maximum absolute atomic E-state index is 13.7. The van der Waals surface area contributed by atoms with Crippen molar-refractivity contribution in [3.05, 3.63) is 155 Å². The third-order valence-corrected chi connectivity index (χ3v) is 24.2. The minimum absolute atomic E-state index is 0.00767. The summed E-state index contributed by atoms with van der Waals surface area (Å²) in [6.45, 7) is 28.6. The molecule has 0 bridgehead atoms. The zero-order valence-corrected chi connectivity index (χ0v) is 78.4. The number of urea groups is 3. The molecule has 8 aliphatic heterocycles. The molecule has 42 heteroatoms. The third kappa shape index (κ3) is 32.1. The Hall–Kier alpha value is -8.05. The van der Waals surface area contributed by atoms with Crippen molar-refractivity contribution in [3.8, 4) is 22.3 Å². The number of anilines is 6. The van der Waals surface area contributed by atoms with Crippen molar-refractivity contribution in [3.63, 3.8) is 0 Å². The molecule has 7 aromatic rings. The van der Waals surface area contributed by atoms with Crippen LogP contribution in [-0.2, 0) is 40.6 Å². The number of aromatic nitrogens is 4. The smallest absolute Gasteiger partial charge is 0.399 e. The first-order valence-corrected chi connectivity index (χ1v) is 45.0. The van der Waals surface area contributed by atoms with Gasteiger partial charge in [0.2, 0.25) is 0 Å². The number of hydrogen-bond donors (Lipinski definition) is 4. The van der Waals surface area contributed by atoms with Gasteiger partial charge in [0, 0.05) is 146 Å². The second kappa shape index (κ2) is 45.8. The summed E-state index contributed by atoms with van der Waals surface area (Å²) in [6, 6.07) is 26.8. The van der Waals surface area contributed by atoms with Crippen molar-refractivity contribution in [2.75, 3.05) is 175 Å². The predicted molar refractivity (Wildman–Crippen MR) is 485 cm³/mol. The van der Waals surface area contributed by atoms with Gasteiger partial charge in [-0.1, -0.05) is 35.4 Å². The first kappa shape index (κ1) is 104. The van der Waals surface area contributed by atoms with Crippen LogP contribution in [0.5, 0.6) is 0 Å². The van der Waals surface area contributed by atoms with E-state index in [-0.39, 0.29) is 57.2 Å². The molecule has 3 aromatic carbocycles. The topological polar surface area (TPSA) is 226 Å². The van der Waals surface area contributed by atoms with Gasteiger partial charge in [-0.15, -0.1) is 0 Å². The summed E-state index contributed by atoms with van der Waals surface area (Å²) < 4.78 is 231. The van der Waals surface area contributed by atoms with Gasteiger partial charge in [0.1, 0.15) is 34.0 Å². The molecule has 23 nitrogen and oxygen atoms in total. The Balaban J connectivity index is 0.000000175. The lowest BCUT2D eigenvalue weighted by Crippen LogP contribution is -2.41. The highest BCUT2D eigenvalue weighted by Gasteiger charge is 2.52. The molecule has 0 unspecified atom stereocenters. The molecule has 3 atom stereocenters. The molecule has 0 aliphatic carbocycles. The van der Waals surface area contributed by atoms with Crippen LogP contribution in [0.15, 0.2) is 103 Å². The molecule has 0 saturated carbocycles. The van der Waals surface area contributed by atoms with Crippen LogP contribution in [-0.4, -0.2) is 234 Å². The fourth-order valence-corrected chi connectivity index (χ4v) is 17.2. The van der Waals surface area contributed by atoms with E-state index in [2.05, 4.69) is 103 Å². The number of nitrogens with zero attached hydrogens (tertiary/aromatic N) is 10. The van der Waals surface area contributed by atoms with Gasteiger partial charge in [-0.2, -0.15) is 65.9 Å². The van der Waals surface area contributed by atoms with E-state index in [4.69, 9.17) is 39.9 Å². The molecule has 712 valence electrons. The largest absolute Gasteiger partial charge is 0.495 e. The zero-order valence-electron chi connectivity index (χ0n) is 73.4. The van der Waals surface area contributed by atoms with Crippen LogP contribution >= 0.6 is 56.8 Å². The minimum atomic E-state index is -4.65. The number of halogens is 18. The number of carbonyl (C=O) groups excluding carboxylic acids is 3. The third-order valence-electron chi connectivity index (χ3n) is 22.8. The van der Waals surface area contributed by atoms with Gasteiger partial charge < -0.3 is 78.9 Å². The minimum Gasteiger partial charge on any atom is -0.399 e. The molecule has 0 spiro atoms. The lowest BCUT2D eigenvalue weighted by Gasteiger charge is -2.32. The average Bonchev–Trinajstić information content (AvgIpc) is 1.60. The van der Waals surface area contributed by atoms with Crippen molar-refractivity contribution in [1.82, 2.24) is 40.0 Å². The number of amides is 6. The molecule has 6 amide bonds. The lowest BCUT2D eigenvalue weighted by molar-refractivity contribution is -0.144. The van der Waals surface area contributed by atoms with Crippen LogP contribution < -0.4 is 41.4 Å². The Bertz CT molecular complexity index is 4680. The number of aryl methyl sites for hydroxylation is 5. The van der Waals surface area contributed by atoms with Crippen molar-refractivity contribution in [1.29, 1.82) is 0 Å². The van der Waals surface area contributed by atoms with Gasteiger partial charge in [-0.25, -0.2) is 34.3 Å². The zero-order chi connectivity index (χ0) is 94.8. The molecular weight excluding hydrogens is 1980 g/mol. The van der Waals surface area contributed by atoms with E-state index in [1.807, 2.05) is 66.7 Å². The number of carbonyl (C=O) groups is 3. The van der Waals surface area contributed by atoms with Gasteiger partial charge in [0.15, 0.2) is 0 Å². The lowest BCUT2D eigenvalue weighted by atomic mass is 9.76. The van der Waals surface area contributed by atoms with Crippen LogP contribution in [0.1, 0.15) is 106 Å². The molecule has 8 fully saturated rings. The SMILES string of the molecule is C1COCCN1.Cc1cc(I)cc(Cl)n1.Cc1cc(I)cc(N2CCOCC2)n1.Cc1ccc(NC(=O)N2CC[C@@H](CC(F)(F)F)C2)cc1-c1cc(N2CCOCC2)nc(C(F)(F)F)c1.Cc1ccc(NC(=O)N2CC[C@@H](CC(F)(F)F)C2)cc1-c1cc(N2CCOCC2)nc(C(F)(F)F)c1.Cc1ccc(NC(=O)N2CC[C@@H](CC(F)(F)F)C2)cc1B1OC(C)(C)C(C)(C)O1. The average molecular weight is 2090 g/mol. The second-order valence-electron chi connectivity index (χ2n) is 33.7. The van der Waals surface area contributed by atoms with Gasteiger partial charge >= 0.3 is 56.1 Å². The molecule has 4 aromatic heterocycles. The quantitative estimate of drug-likeness (QED) is 0.0386. The summed E-state index contributed by atoms with van der Waals surface area (Å²) in [5.41, 5.74) is 4.95. The Labute approximate surface area is 778 Å². The molecule has 130 heavy (non-hydrogen) atoms. The van der Waals surface area contributed by atoms with Crippen LogP contribution in [0, 0.1) is 59.5 Å². The van der Waals surface area contributed by atoms with Crippen LogP contribution in [0.3, 0.4) is 0 Å². The highest BCUT2D eigenvalue weighted by atomic mass is 127. The predicted octanol–water partition coefficient (Wildman–Crippen LogP) is 19.6. The summed E-state index contributed by atoms with van der Waals surface area (Å²) in [7, 11) is -0.556. The Morgan fingerprint density at radius 3 is 1.08 bits per heavy atom. The van der Waals surface area contributed by atoms with E-state index in [1.54, 1.807) is 84.3 Å². The van der Waals surface area contributed by atoms with E-state index < -0.39 is 116 Å². The van der Waals surface area contributed by atoms with Gasteiger partial charge in [0.05, 0.1) is 64.1 Å². The Kier molecular flexibility index (Phi) is 36.6. The molecule has 0 radical (unpaired) electrons. The monoisotopic (exact) mass is 2090 g/mol. The maximum Gasteiger partial charge on any atom is 0.495 e. The number of rotatable bonds is 12. The van der Waals surface area contributed by atoms with Crippen molar-refractivity contribution in [2.24, 2.45) is 17.8 Å². The highest BCUT2D eigenvalue weighted by Crippen LogP contribution is 2.42. The number of hydrogen-bond acceptors (Lipinski definition) is 17. The molecule has 8 aliphatic rings. The second-order valence-corrected chi connectivity index (χ2v) is 36.5. The van der Waals surface area contributed by atoms with Crippen molar-refractivity contribution < 1.29 is 108 Å². The number of pyridine rings is 4. The Morgan fingerprint density at radius 2 is 0.762 bits per heavy atom. The summed E-state index contributed by atoms with van der Waals surface area (Å²) in [5.74, 6) is -0.396. The highest BCUT2D eigenvalue weighted by molar-refractivity contribution is 14.1. The van der Waals surface area contributed by atoms with Crippen LogP contribution in [0.2, 0.25) is 5.15 Å². The van der Waals surface area contributed by atoms with Crippen molar-refractivity contribution in [2.45, 2.75) is 143 Å². The summed E-state index contributed by atoms with van der Waals surface area (Å²) in [5, 5.41) is 11.9. The van der Waals surface area contributed by atoms with E-state index in [1.165, 1.54) is 18.3 Å². The van der Waals surface area contributed by atoms with Crippen LogP contribution in [0.4, 0.5) is 115 Å². The van der Waals surface area contributed by atoms with E-state index >= 15 is 0 Å². The Morgan fingerprint density at radius 1 is 0.431 bits per heavy atom. The molecule has 15 rings (SSSR count). The number of likely N-dealkylation sites (tertiary alicyclic amines) is 3. The molecule has 4 N–H and O–H groups in total. The molecule has 12 heterocycles. The normalized spacial score (nSPS) is 19.4. The number of morpholine rings is 4. The maximum atomic E-state index is 13.7. The van der Waals surface area contributed by atoms with Crippen LogP contribution in [0.25, 0.3) is 22.3 Å².